The van der Waals surface area contributed by atoms with E-state index in [1.807, 2.05) is 0 Å². The maximum absolute atomic E-state index is 12.6. The monoisotopic (exact) mass is 286 g/mol. The quantitative estimate of drug-likeness (QED) is 0.915. The summed E-state index contributed by atoms with van der Waals surface area (Å²) in [5.41, 5.74) is 0.115. The average molecular weight is 286 g/mol. The largest absolute Gasteiger partial charge is 0.416 e. The summed E-state index contributed by atoms with van der Waals surface area (Å²) in [6.45, 7) is 3.59. The van der Waals surface area contributed by atoms with E-state index >= 15 is 0 Å². The predicted octanol–water partition coefficient (Wildman–Crippen LogP) is 3.14. The van der Waals surface area contributed by atoms with E-state index in [2.05, 4.69) is 17.3 Å². The van der Waals surface area contributed by atoms with Gasteiger partial charge < -0.3 is 10.2 Å². The predicted molar refractivity (Wildman–Crippen MR) is 73.4 cm³/mol. The average Bonchev–Trinajstić information content (AvgIpc) is 2.40. The van der Waals surface area contributed by atoms with Gasteiger partial charge in [0.15, 0.2) is 0 Å². The Morgan fingerprint density at radius 2 is 1.95 bits per heavy atom. The molecular formula is C15H21F3N2. The molecule has 2 rings (SSSR count). The van der Waals surface area contributed by atoms with E-state index in [0.29, 0.717) is 18.0 Å². The third-order valence-electron chi connectivity index (χ3n) is 3.85. The number of rotatable bonds is 4. The van der Waals surface area contributed by atoms with Crippen molar-refractivity contribution in [2.45, 2.75) is 25.6 Å². The van der Waals surface area contributed by atoms with Gasteiger partial charge >= 0.3 is 6.18 Å². The summed E-state index contributed by atoms with van der Waals surface area (Å²) in [4.78, 5) is 2.31. The molecule has 0 spiro atoms. The molecule has 1 aliphatic rings. The van der Waals surface area contributed by atoms with Gasteiger partial charge in [0.25, 0.3) is 0 Å². The molecular weight excluding hydrogens is 265 g/mol. The summed E-state index contributed by atoms with van der Waals surface area (Å²) in [5, 5.41) is 3.28. The van der Waals surface area contributed by atoms with Crippen LogP contribution in [0.1, 0.15) is 24.0 Å². The van der Waals surface area contributed by atoms with E-state index in [9.17, 15) is 13.2 Å². The normalized spacial score (nSPS) is 18.4. The van der Waals surface area contributed by atoms with Crippen molar-refractivity contribution in [1.29, 1.82) is 0 Å². The minimum atomic E-state index is -4.26. The first kappa shape index (κ1) is 15.3. The molecule has 0 radical (unpaired) electrons. The van der Waals surface area contributed by atoms with Gasteiger partial charge in [-0.05, 0) is 57.1 Å². The molecule has 0 unspecified atom stereocenters. The lowest BCUT2D eigenvalue weighted by Crippen LogP contribution is -2.34. The van der Waals surface area contributed by atoms with Gasteiger partial charge in [0.05, 0.1) is 5.56 Å². The second-order valence-electron chi connectivity index (χ2n) is 5.58. The Morgan fingerprint density at radius 3 is 2.60 bits per heavy atom. The van der Waals surface area contributed by atoms with Crippen molar-refractivity contribution in [3.8, 4) is 0 Å². The zero-order chi connectivity index (χ0) is 14.6. The molecule has 0 aromatic heterocycles. The molecule has 20 heavy (non-hydrogen) atoms. The third-order valence-corrected chi connectivity index (χ3v) is 3.85. The number of hydrogen-bond acceptors (Lipinski definition) is 2. The van der Waals surface area contributed by atoms with E-state index in [-0.39, 0.29) is 0 Å². The molecule has 5 heteroatoms. The minimum Gasteiger partial charge on any atom is -0.312 e. The first-order valence-electron chi connectivity index (χ1n) is 7.00. The summed E-state index contributed by atoms with van der Waals surface area (Å²) in [6.07, 6.45) is -1.94. The fourth-order valence-corrected chi connectivity index (χ4v) is 2.54. The summed E-state index contributed by atoms with van der Waals surface area (Å²) in [5.74, 6) is 0.636. The Labute approximate surface area is 118 Å². The van der Waals surface area contributed by atoms with Crippen LogP contribution in [0.5, 0.6) is 0 Å². The molecule has 0 saturated carbocycles. The summed E-state index contributed by atoms with van der Waals surface area (Å²) in [6, 6.07) is 5.54. The molecule has 1 aromatic carbocycles. The molecule has 1 fully saturated rings. The van der Waals surface area contributed by atoms with Crippen LogP contribution in [-0.2, 0) is 12.7 Å². The number of benzene rings is 1. The summed E-state index contributed by atoms with van der Waals surface area (Å²) >= 11 is 0. The van der Waals surface area contributed by atoms with E-state index in [4.69, 9.17) is 0 Å². The van der Waals surface area contributed by atoms with Crippen LogP contribution in [0.2, 0.25) is 0 Å². The first-order chi connectivity index (χ1) is 9.45. The Morgan fingerprint density at radius 1 is 1.25 bits per heavy atom. The number of nitrogens with one attached hydrogen (secondary N) is 1. The minimum absolute atomic E-state index is 0.496. The van der Waals surface area contributed by atoms with Crippen molar-refractivity contribution in [2.75, 3.05) is 26.7 Å². The Bertz CT molecular complexity index is 423. The van der Waals surface area contributed by atoms with Gasteiger partial charge in [0.2, 0.25) is 0 Å². The van der Waals surface area contributed by atoms with Crippen molar-refractivity contribution in [1.82, 2.24) is 10.2 Å². The van der Waals surface area contributed by atoms with E-state index < -0.39 is 11.7 Å². The highest BCUT2D eigenvalue weighted by molar-refractivity contribution is 5.25. The molecule has 0 amide bonds. The van der Waals surface area contributed by atoms with E-state index in [1.54, 1.807) is 6.07 Å². The second-order valence-corrected chi connectivity index (χ2v) is 5.58. The number of hydrogen-bond donors (Lipinski definition) is 1. The molecule has 1 aliphatic heterocycles. The highest BCUT2D eigenvalue weighted by atomic mass is 19.4. The van der Waals surface area contributed by atoms with Crippen LogP contribution in [0.4, 0.5) is 13.2 Å². The molecule has 112 valence electrons. The number of halogens is 3. The van der Waals surface area contributed by atoms with E-state index in [0.717, 1.165) is 38.5 Å². The Kier molecular flexibility index (Phi) is 5.05. The standard InChI is InChI=1S/C15H21F3N2/c1-20-7-5-12(6-8-20)10-19-11-13-3-2-4-14(9-13)15(16,17)18/h2-4,9,12,19H,5-8,10-11H2,1H3. The highest BCUT2D eigenvalue weighted by Gasteiger charge is 2.30. The van der Waals surface area contributed by atoms with Crippen LogP contribution in [0.3, 0.4) is 0 Å². The zero-order valence-electron chi connectivity index (χ0n) is 11.7. The number of likely N-dealkylation sites (tertiary alicyclic amines) is 1. The number of piperidine rings is 1. The smallest absolute Gasteiger partial charge is 0.312 e. The van der Waals surface area contributed by atoms with E-state index in [1.165, 1.54) is 12.1 Å². The molecule has 1 saturated heterocycles. The second kappa shape index (κ2) is 6.59. The number of alkyl halides is 3. The third kappa shape index (κ3) is 4.49. The molecule has 1 heterocycles. The number of nitrogens with zero attached hydrogens (tertiary/aromatic N) is 1. The van der Waals surface area contributed by atoms with Crippen molar-refractivity contribution in [2.24, 2.45) is 5.92 Å². The topological polar surface area (TPSA) is 15.3 Å². The van der Waals surface area contributed by atoms with Crippen LogP contribution >= 0.6 is 0 Å². The van der Waals surface area contributed by atoms with Gasteiger partial charge in [-0.1, -0.05) is 18.2 Å². The fourth-order valence-electron chi connectivity index (χ4n) is 2.54. The first-order valence-corrected chi connectivity index (χ1v) is 7.00. The molecule has 0 aliphatic carbocycles. The van der Waals surface area contributed by atoms with Crippen molar-refractivity contribution < 1.29 is 13.2 Å². The van der Waals surface area contributed by atoms with Gasteiger partial charge in [-0.25, -0.2) is 0 Å². The Balaban J connectivity index is 1.79. The zero-order valence-corrected chi connectivity index (χ0v) is 11.7. The SMILES string of the molecule is CN1CCC(CNCc2cccc(C(F)(F)F)c2)CC1. The summed E-state index contributed by atoms with van der Waals surface area (Å²) < 4.78 is 37.8. The fraction of sp³-hybridized carbons (Fsp3) is 0.600. The summed E-state index contributed by atoms with van der Waals surface area (Å²) in [7, 11) is 2.12. The maximum Gasteiger partial charge on any atom is 0.416 e. The van der Waals surface area contributed by atoms with Gasteiger partial charge in [-0.3, -0.25) is 0 Å². The van der Waals surface area contributed by atoms with Crippen LogP contribution in [-0.4, -0.2) is 31.6 Å². The molecule has 0 atom stereocenters. The van der Waals surface area contributed by atoms with Crippen LogP contribution in [0, 0.1) is 5.92 Å². The Hall–Kier alpha value is -1.07. The van der Waals surface area contributed by atoms with Crippen molar-refractivity contribution in [3.05, 3.63) is 35.4 Å². The van der Waals surface area contributed by atoms with Crippen LogP contribution < -0.4 is 5.32 Å². The van der Waals surface area contributed by atoms with Gasteiger partial charge in [-0.15, -0.1) is 0 Å². The van der Waals surface area contributed by atoms with Gasteiger partial charge in [0, 0.05) is 6.54 Å². The molecule has 0 bridgehead atoms. The van der Waals surface area contributed by atoms with Crippen molar-refractivity contribution >= 4 is 0 Å². The lowest BCUT2D eigenvalue weighted by molar-refractivity contribution is -0.137. The van der Waals surface area contributed by atoms with Gasteiger partial charge in [0.1, 0.15) is 0 Å². The maximum atomic E-state index is 12.6. The lowest BCUT2D eigenvalue weighted by Gasteiger charge is -2.29. The van der Waals surface area contributed by atoms with Crippen molar-refractivity contribution in [3.63, 3.8) is 0 Å². The lowest BCUT2D eigenvalue weighted by atomic mass is 9.97. The highest BCUT2D eigenvalue weighted by Crippen LogP contribution is 2.29. The van der Waals surface area contributed by atoms with Gasteiger partial charge in [-0.2, -0.15) is 13.2 Å². The van der Waals surface area contributed by atoms with Crippen LogP contribution in [0.15, 0.2) is 24.3 Å². The molecule has 1 aromatic rings. The van der Waals surface area contributed by atoms with Crippen LogP contribution in [0.25, 0.3) is 0 Å². The molecule has 1 N–H and O–H groups in total. The molecule has 2 nitrogen and oxygen atoms in total.